The third-order valence-corrected chi connectivity index (χ3v) is 6.82. The van der Waals surface area contributed by atoms with Gasteiger partial charge in [0.15, 0.2) is 0 Å². The van der Waals surface area contributed by atoms with E-state index in [1.807, 2.05) is 24.3 Å². The summed E-state index contributed by atoms with van der Waals surface area (Å²) in [7, 11) is 0. The van der Waals surface area contributed by atoms with Gasteiger partial charge in [-0.25, -0.2) is 0 Å². The van der Waals surface area contributed by atoms with Crippen LogP contribution in [0.5, 0.6) is 0 Å². The van der Waals surface area contributed by atoms with E-state index >= 15 is 0 Å². The van der Waals surface area contributed by atoms with E-state index < -0.39 is 23.3 Å². The van der Waals surface area contributed by atoms with Crippen LogP contribution in [0.1, 0.15) is 30.4 Å². The summed E-state index contributed by atoms with van der Waals surface area (Å²) < 4.78 is 0.815. The van der Waals surface area contributed by atoms with E-state index in [0.717, 1.165) is 15.6 Å². The zero-order valence-electron chi connectivity index (χ0n) is 16.8. The van der Waals surface area contributed by atoms with E-state index in [1.165, 1.54) is 4.90 Å². The zero-order chi connectivity index (χ0) is 22.5. The Morgan fingerprint density at radius 1 is 1.32 bits per heavy atom. The van der Waals surface area contributed by atoms with Crippen molar-refractivity contribution in [2.75, 3.05) is 11.9 Å². The average Bonchev–Trinajstić information content (AvgIpc) is 2.95. The van der Waals surface area contributed by atoms with E-state index in [2.05, 4.69) is 27.8 Å². The van der Waals surface area contributed by atoms with Crippen molar-refractivity contribution >= 4 is 50.9 Å². The minimum Gasteiger partial charge on any atom is -0.368 e. The molecule has 3 amide bonds. The van der Waals surface area contributed by atoms with Crippen molar-refractivity contribution in [1.82, 2.24) is 4.90 Å². The number of fused-ring (bicyclic) bond motifs is 2. The van der Waals surface area contributed by atoms with Gasteiger partial charge in [0.25, 0.3) is 0 Å². The highest BCUT2D eigenvalue weighted by Crippen LogP contribution is 2.56. The van der Waals surface area contributed by atoms with Gasteiger partial charge in [-0.3, -0.25) is 14.4 Å². The highest BCUT2D eigenvalue weighted by atomic mass is 79.9. The molecule has 31 heavy (non-hydrogen) atoms. The first-order valence-corrected chi connectivity index (χ1v) is 10.9. The molecule has 0 radical (unpaired) electrons. The number of nitrogens with two attached hydrogens (primary N) is 1. The van der Waals surface area contributed by atoms with Crippen molar-refractivity contribution in [2.24, 2.45) is 5.73 Å². The Labute approximate surface area is 193 Å². The fourth-order valence-electron chi connectivity index (χ4n) is 5.09. The van der Waals surface area contributed by atoms with Crippen LogP contribution in [0, 0.1) is 0 Å². The van der Waals surface area contributed by atoms with Crippen LogP contribution in [-0.2, 0) is 19.8 Å². The van der Waals surface area contributed by atoms with Gasteiger partial charge in [0.05, 0.1) is 12.6 Å². The van der Waals surface area contributed by atoms with Gasteiger partial charge in [-0.2, -0.15) is 0 Å². The summed E-state index contributed by atoms with van der Waals surface area (Å²) in [6, 6.07) is 12.0. The van der Waals surface area contributed by atoms with Crippen LogP contribution in [0.4, 0.5) is 5.69 Å². The van der Waals surface area contributed by atoms with Crippen LogP contribution >= 0.6 is 27.5 Å². The number of carbonyl (C=O) groups is 3. The first kappa shape index (κ1) is 21.6. The topological polar surface area (TPSA) is 92.5 Å². The molecule has 2 aliphatic heterocycles. The Balaban J connectivity index is 2.03. The first-order chi connectivity index (χ1) is 14.7. The molecule has 4 rings (SSSR count). The Morgan fingerprint density at radius 3 is 2.71 bits per heavy atom. The molecule has 1 spiro atoms. The summed E-state index contributed by atoms with van der Waals surface area (Å²) >= 11 is 9.72. The molecule has 2 aromatic rings. The third kappa shape index (κ3) is 3.36. The molecule has 0 aromatic heterocycles. The van der Waals surface area contributed by atoms with Gasteiger partial charge in [-0.1, -0.05) is 57.9 Å². The lowest BCUT2D eigenvalue weighted by molar-refractivity contribution is -0.146. The lowest BCUT2D eigenvalue weighted by Gasteiger charge is -2.51. The average molecular weight is 503 g/mol. The fourth-order valence-corrected chi connectivity index (χ4v) is 5.65. The molecule has 1 fully saturated rings. The van der Waals surface area contributed by atoms with Crippen molar-refractivity contribution in [3.8, 4) is 0 Å². The molecule has 0 saturated carbocycles. The standard InChI is InChI=1S/C23H21BrClN3O3/c1-12(2)21-23(16-7-6-14(24)9-18(16)27-22(23)31)17(13-4-3-5-15(25)8-13)10-20(30)28(21)11-19(26)29/h3-9,17,21H,1,10-11H2,2H3,(H2,26,29)(H,27,31). The Kier molecular flexibility index (Phi) is 5.43. The second-order valence-electron chi connectivity index (χ2n) is 8.06. The minimum absolute atomic E-state index is 0.0281. The molecule has 2 heterocycles. The highest BCUT2D eigenvalue weighted by Gasteiger charge is 2.63. The SMILES string of the molecule is C=C(C)C1N(CC(N)=O)C(=O)CC(c2cccc(Cl)c2)C12C(=O)Nc1cc(Br)ccc12. The number of nitrogens with zero attached hydrogens (tertiary/aromatic N) is 1. The molecule has 3 N–H and O–H groups in total. The molecule has 2 aliphatic rings. The van der Waals surface area contributed by atoms with Crippen LogP contribution in [0.15, 0.2) is 59.1 Å². The van der Waals surface area contributed by atoms with Crippen molar-refractivity contribution in [3.63, 3.8) is 0 Å². The number of hydrogen-bond donors (Lipinski definition) is 2. The molecule has 0 bridgehead atoms. The van der Waals surface area contributed by atoms with Gasteiger partial charge in [0, 0.05) is 27.5 Å². The second-order valence-corrected chi connectivity index (χ2v) is 9.41. The zero-order valence-corrected chi connectivity index (χ0v) is 19.2. The smallest absolute Gasteiger partial charge is 0.238 e. The van der Waals surface area contributed by atoms with E-state index in [9.17, 15) is 14.4 Å². The summed E-state index contributed by atoms with van der Waals surface area (Å²) in [5, 5.41) is 3.50. The van der Waals surface area contributed by atoms with Crippen LogP contribution in [0.2, 0.25) is 5.02 Å². The number of amides is 3. The predicted molar refractivity (Wildman–Crippen MR) is 123 cm³/mol. The van der Waals surface area contributed by atoms with Gasteiger partial charge < -0.3 is 16.0 Å². The number of nitrogens with one attached hydrogen (secondary N) is 1. The highest BCUT2D eigenvalue weighted by molar-refractivity contribution is 9.10. The van der Waals surface area contributed by atoms with Gasteiger partial charge in [0.1, 0.15) is 5.41 Å². The summed E-state index contributed by atoms with van der Waals surface area (Å²) in [5.41, 5.74) is 7.05. The molecule has 3 atom stereocenters. The molecule has 6 nitrogen and oxygen atoms in total. The fraction of sp³-hybridized carbons (Fsp3) is 0.261. The van der Waals surface area contributed by atoms with E-state index in [-0.39, 0.29) is 24.8 Å². The normalized spacial score (nSPS) is 24.8. The van der Waals surface area contributed by atoms with Crippen molar-refractivity contribution in [3.05, 3.63) is 75.2 Å². The third-order valence-electron chi connectivity index (χ3n) is 6.09. The van der Waals surface area contributed by atoms with Gasteiger partial charge >= 0.3 is 0 Å². The van der Waals surface area contributed by atoms with Crippen LogP contribution < -0.4 is 11.1 Å². The largest absolute Gasteiger partial charge is 0.368 e. The molecule has 0 aliphatic carbocycles. The molecule has 3 unspecified atom stereocenters. The number of hydrogen-bond acceptors (Lipinski definition) is 3. The molecular formula is C23H21BrClN3O3. The lowest BCUT2D eigenvalue weighted by atomic mass is 9.58. The lowest BCUT2D eigenvalue weighted by Crippen LogP contribution is -2.64. The number of rotatable bonds is 4. The van der Waals surface area contributed by atoms with E-state index in [4.69, 9.17) is 17.3 Å². The second kappa shape index (κ2) is 7.80. The maximum Gasteiger partial charge on any atom is 0.238 e. The molecule has 2 aromatic carbocycles. The predicted octanol–water partition coefficient (Wildman–Crippen LogP) is 3.74. The van der Waals surface area contributed by atoms with Crippen LogP contribution in [0.3, 0.4) is 0 Å². The number of likely N-dealkylation sites (tertiary alicyclic amines) is 1. The summed E-state index contributed by atoms with van der Waals surface area (Å²) in [4.78, 5) is 40.2. The van der Waals surface area contributed by atoms with Crippen molar-refractivity contribution in [2.45, 2.75) is 30.7 Å². The Hall–Kier alpha value is -2.64. The molecule has 160 valence electrons. The van der Waals surface area contributed by atoms with Crippen molar-refractivity contribution < 1.29 is 14.4 Å². The van der Waals surface area contributed by atoms with E-state index in [1.54, 1.807) is 25.1 Å². The number of anilines is 1. The quantitative estimate of drug-likeness (QED) is 0.624. The summed E-state index contributed by atoms with van der Waals surface area (Å²) in [5.74, 6) is -1.67. The van der Waals surface area contributed by atoms with Gasteiger partial charge in [-0.15, -0.1) is 0 Å². The molecule has 8 heteroatoms. The Bertz CT molecular complexity index is 1130. The Morgan fingerprint density at radius 2 is 2.06 bits per heavy atom. The minimum atomic E-state index is -1.18. The number of carbonyl (C=O) groups excluding carboxylic acids is 3. The number of halogens is 2. The van der Waals surface area contributed by atoms with E-state index in [0.29, 0.717) is 16.3 Å². The maximum absolute atomic E-state index is 13.8. The summed E-state index contributed by atoms with van der Waals surface area (Å²) in [6.07, 6.45) is 0.0281. The van der Waals surface area contributed by atoms with Gasteiger partial charge in [0.2, 0.25) is 17.7 Å². The number of benzene rings is 2. The maximum atomic E-state index is 13.8. The van der Waals surface area contributed by atoms with Crippen LogP contribution in [0.25, 0.3) is 0 Å². The number of primary amides is 1. The monoisotopic (exact) mass is 501 g/mol. The first-order valence-electron chi connectivity index (χ1n) is 9.76. The van der Waals surface area contributed by atoms with Crippen molar-refractivity contribution in [1.29, 1.82) is 0 Å². The number of piperidine rings is 1. The van der Waals surface area contributed by atoms with Gasteiger partial charge in [-0.05, 0) is 42.3 Å². The molecular weight excluding hydrogens is 482 g/mol. The van der Waals surface area contributed by atoms with Crippen LogP contribution in [-0.4, -0.2) is 35.2 Å². The molecule has 1 saturated heterocycles. The summed E-state index contributed by atoms with van der Waals surface area (Å²) in [6.45, 7) is 5.57.